The smallest absolute Gasteiger partial charge is 0.0943 e. The Morgan fingerprint density at radius 3 is 2.81 bits per heavy atom. The minimum absolute atomic E-state index is 0.0855. The second-order valence-electron chi connectivity index (χ2n) is 4.50. The summed E-state index contributed by atoms with van der Waals surface area (Å²) in [5.74, 6) is 0.610. The van der Waals surface area contributed by atoms with Crippen LogP contribution in [0, 0.1) is 12.8 Å². The molecular weight excluding hydrogens is 222 g/mol. The molecule has 2 unspecified atom stereocenters. The van der Waals surface area contributed by atoms with E-state index >= 15 is 0 Å². The second-order valence-corrected chi connectivity index (χ2v) is 5.76. The number of aromatic nitrogens is 2. The van der Waals surface area contributed by atoms with Gasteiger partial charge in [-0.1, -0.05) is 11.8 Å². The number of aliphatic hydroxyl groups is 1. The van der Waals surface area contributed by atoms with Gasteiger partial charge in [-0.3, -0.25) is 4.68 Å². The highest BCUT2D eigenvalue weighted by molar-refractivity contribution is 8.00. The summed E-state index contributed by atoms with van der Waals surface area (Å²) in [6.45, 7) is 2.10. The third kappa shape index (κ3) is 2.59. The lowest BCUT2D eigenvalue weighted by Crippen LogP contribution is -2.37. The fraction of sp³-hybridized carbons (Fsp3) is 0.727. The van der Waals surface area contributed by atoms with Crippen LogP contribution in [0.25, 0.3) is 0 Å². The van der Waals surface area contributed by atoms with Crippen molar-refractivity contribution in [2.75, 3.05) is 6.61 Å². The van der Waals surface area contributed by atoms with Gasteiger partial charge in [0.15, 0.2) is 0 Å². The summed E-state index contributed by atoms with van der Waals surface area (Å²) in [5.41, 5.74) is 7.13. The molecule has 0 aromatic carbocycles. The predicted molar refractivity (Wildman–Crippen MR) is 65.4 cm³/mol. The Labute approximate surface area is 100 Å². The molecule has 1 heterocycles. The molecule has 1 aromatic rings. The zero-order valence-electron chi connectivity index (χ0n) is 9.76. The fourth-order valence-electron chi connectivity index (χ4n) is 1.87. The number of aliphatic hydroxyl groups excluding tert-OH is 1. The first-order chi connectivity index (χ1) is 7.61. The first-order valence-electron chi connectivity index (χ1n) is 5.65. The molecule has 0 radical (unpaired) electrons. The minimum atomic E-state index is 0.0855. The number of hydrogen-bond donors (Lipinski definition) is 2. The Balaban J connectivity index is 2.02. The largest absolute Gasteiger partial charge is 0.395 e. The maximum atomic E-state index is 9.40. The summed E-state index contributed by atoms with van der Waals surface area (Å²) >= 11 is 1.64. The summed E-state index contributed by atoms with van der Waals surface area (Å²) in [7, 11) is 1.92. The maximum absolute atomic E-state index is 9.40. The van der Waals surface area contributed by atoms with Gasteiger partial charge in [-0.25, -0.2) is 0 Å². The van der Waals surface area contributed by atoms with Crippen molar-refractivity contribution >= 4 is 11.8 Å². The molecule has 5 heteroatoms. The van der Waals surface area contributed by atoms with E-state index in [1.807, 2.05) is 24.7 Å². The van der Waals surface area contributed by atoms with Crippen molar-refractivity contribution in [3.63, 3.8) is 0 Å². The van der Waals surface area contributed by atoms with Crippen LogP contribution in [-0.4, -0.2) is 32.8 Å². The molecule has 0 spiro atoms. The molecule has 2 rings (SSSR count). The number of rotatable bonds is 5. The van der Waals surface area contributed by atoms with Gasteiger partial charge in [0.1, 0.15) is 0 Å². The van der Waals surface area contributed by atoms with Gasteiger partial charge in [0, 0.05) is 18.3 Å². The third-order valence-corrected chi connectivity index (χ3v) is 4.40. The van der Waals surface area contributed by atoms with Gasteiger partial charge >= 0.3 is 0 Å². The molecular formula is C11H19N3OS. The molecule has 2 atom stereocenters. The molecule has 1 aliphatic rings. The van der Waals surface area contributed by atoms with Gasteiger partial charge in [0.05, 0.1) is 17.3 Å². The van der Waals surface area contributed by atoms with E-state index in [1.54, 1.807) is 11.8 Å². The molecule has 16 heavy (non-hydrogen) atoms. The Morgan fingerprint density at radius 1 is 1.69 bits per heavy atom. The Kier molecular flexibility index (Phi) is 3.56. The van der Waals surface area contributed by atoms with Crippen LogP contribution in [0.2, 0.25) is 0 Å². The molecule has 4 nitrogen and oxygen atoms in total. The summed E-state index contributed by atoms with van der Waals surface area (Å²) in [5, 5.41) is 14.9. The van der Waals surface area contributed by atoms with E-state index in [9.17, 15) is 5.11 Å². The van der Waals surface area contributed by atoms with Crippen molar-refractivity contribution in [2.24, 2.45) is 18.7 Å². The highest BCUT2D eigenvalue weighted by Gasteiger charge is 2.34. The van der Waals surface area contributed by atoms with E-state index in [1.165, 1.54) is 12.8 Å². The zero-order valence-corrected chi connectivity index (χ0v) is 10.6. The fourth-order valence-corrected chi connectivity index (χ4v) is 3.07. The van der Waals surface area contributed by atoms with E-state index in [0.29, 0.717) is 5.92 Å². The van der Waals surface area contributed by atoms with Crippen LogP contribution in [0.5, 0.6) is 0 Å². The van der Waals surface area contributed by atoms with Crippen molar-refractivity contribution in [3.05, 3.63) is 11.8 Å². The van der Waals surface area contributed by atoms with Crippen molar-refractivity contribution in [3.8, 4) is 0 Å². The van der Waals surface area contributed by atoms with E-state index in [4.69, 9.17) is 5.73 Å². The van der Waals surface area contributed by atoms with Gasteiger partial charge in [0.2, 0.25) is 0 Å². The molecule has 3 N–H and O–H groups in total. The third-order valence-electron chi connectivity index (χ3n) is 3.01. The Hall–Kier alpha value is -0.520. The average molecular weight is 241 g/mol. The number of nitrogens with two attached hydrogens (primary N) is 1. The van der Waals surface area contributed by atoms with Crippen molar-refractivity contribution in [2.45, 2.75) is 36.1 Å². The van der Waals surface area contributed by atoms with E-state index in [2.05, 4.69) is 5.10 Å². The molecule has 90 valence electrons. The van der Waals surface area contributed by atoms with Crippen molar-refractivity contribution in [1.82, 2.24) is 9.78 Å². The Morgan fingerprint density at radius 2 is 2.38 bits per heavy atom. The molecule has 1 aromatic heterocycles. The van der Waals surface area contributed by atoms with Crippen LogP contribution in [-0.2, 0) is 7.05 Å². The van der Waals surface area contributed by atoms with Gasteiger partial charge in [0.25, 0.3) is 0 Å². The van der Waals surface area contributed by atoms with Crippen molar-refractivity contribution < 1.29 is 5.11 Å². The summed E-state index contributed by atoms with van der Waals surface area (Å²) in [6, 6.07) is 2.14. The molecule has 1 aliphatic carbocycles. The number of aryl methyl sites for hydroxylation is 2. The van der Waals surface area contributed by atoms with Crippen LogP contribution in [0.15, 0.2) is 11.1 Å². The van der Waals surface area contributed by atoms with Gasteiger partial charge in [-0.15, -0.1) is 0 Å². The second kappa shape index (κ2) is 4.77. The first kappa shape index (κ1) is 12.0. The minimum Gasteiger partial charge on any atom is -0.395 e. The van der Waals surface area contributed by atoms with Gasteiger partial charge < -0.3 is 10.8 Å². The highest BCUT2D eigenvalue weighted by Crippen LogP contribution is 2.37. The molecule has 0 aliphatic heterocycles. The lowest BCUT2D eigenvalue weighted by atomic mass is 10.1. The van der Waals surface area contributed by atoms with Crippen LogP contribution < -0.4 is 5.73 Å². The van der Waals surface area contributed by atoms with E-state index in [-0.39, 0.29) is 17.9 Å². The van der Waals surface area contributed by atoms with Gasteiger partial charge in [-0.05, 0) is 31.7 Å². The number of thioether (sulfide) groups is 1. The highest BCUT2D eigenvalue weighted by atomic mass is 32.2. The normalized spacial score (nSPS) is 19.8. The number of hydrogen-bond acceptors (Lipinski definition) is 4. The molecule has 1 fully saturated rings. The van der Waals surface area contributed by atoms with Crippen LogP contribution in [0.3, 0.4) is 0 Å². The topological polar surface area (TPSA) is 64.1 Å². The SMILES string of the molecule is Cc1cc(SC(CO)C(N)C2CC2)n(C)n1. The summed E-state index contributed by atoms with van der Waals surface area (Å²) < 4.78 is 1.85. The van der Waals surface area contributed by atoms with Crippen LogP contribution in [0.1, 0.15) is 18.5 Å². The average Bonchev–Trinajstić information content (AvgIpc) is 3.02. The summed E-state index contributed by atoms with van der Waals surface area (Å²) in [6.07, 6.45) is 2.42. The van der Waals surface area contributed by atoms with Crippen LogP contribution >= 0.6 is 11.8 Å². The standard InChI is InChI=1S/C11H19N3OS/c1-7-5-10(14(2)13-7)16-9(6-15)11(12)8-3-4-8/h5,8-9,11,15H,3-4,6,12H2,1-2H3. The monoisotopic (exact) mass is 241 g/mol. The maximum Gasteiger partial charge on any atom is 0.0943 e. The molecule has 0 bridgehead atoms. The molecule has 0 saturated heterocycles. The number of nitrogens with zero attached hydrogens (tertiary/aromatic N) is 2. The lowest BCUT2D eigenvalue weighted by Gasteiger charge is -2.20. The quantitative estimate of drug-likeness (QED) is 0.752. The molecule has 1 saturated carbocycles. The van der Waals surface area contributed by atoms with Crippen LogP contribution in [0.4, 0.5) is 0 Å². The van der Waals surface area contributed by atoms with Crippen molar-refractivity contribution in [1.29, 1.82) is 0 Å². The summed E-state index contributed by atoms with van der Waals surface area (Å²) in [4.78, 5) is 0. The molecule has 0 amide bonds. The van der Waals surface area contributed by atoms with Gasteiger partial charge in [-0.2, -0.15) is 5.10 Å². The zero-order chi connectivity index (χ0) is 11.7. The van der Waals surface area contributed by atoms with E-state index in [0.717, 1.165) is 10.7 Å². The predicted octanol–water partition coefficient (Wildman–Crippen LogP) is 0.919. The first-order valence-corrected chi connectivity index (χ1v) is 6.53. The van der Waals surface area contributed by atoms with E-state index < -0.39 is 0 Å². The lowest BCUT2D eigenvalue weighted by molar-refractivity contribution is 0.277. The Bertz CT molecular complexity index is 362.